The van der Waals surface area contributed by atoms with Crippen molar-refractivity contribution in [3.8, 4) is 28.4 Å². The van der Waals surface area contributed by atoms with Crippen molar-refractivity contribution in [2.75, 3.05) is 26.1 Å². The number of nitrogens with one attached hydrogen (secondary N) is 1. The van der Waals surface area contributed by atoms with E-state index in [4.69, 9.17) is 9.47 Å². The van der Waals surface area contributed by atoms with Crippen LogP contribution in [-0.2, 0) is 19.0 Å². The normalized spacial score (nSPS) is 15.5. The smallest absolute Gasteiger partial charge is 0.418 e. The number of nitrogens with zero attached hydrogens (tertiary/aromatic N) is 2. The third kappa shape index (κ3) is 5.24. The number of aromatic nitrogens is 2. The number of hydrogen-bond donors (Lipinski definition) is 1. The first-order chi connectivity index (χ1) is 18.3. The van der Waals surface area contributed by atoms with Crippen molar-refractivity contribution >= 4 is 5.69 Å². The molecular weight excluding hydrogens is 495 g/mol. The summed E-state index contributed by atoms with van der Waals surface area (Å²) in [5.41, 5.74) is 1.19. The van der Waals surface area contributed by atoms with Crippen LogP contribution in [0.15, 0.2) is 41.2 Å². The molecule has 0 aliphatic heterocycles. The second-order valence-corrected chi connectivity index (χ2v) is 10.1. The van der Waals surface area contributed by atoms with Gasteiger partial charge in [-0.15, -0.1) is 0 Å². The van der Waals surface area contributed by atoms with Crippen LogP contribution in [0.5, 0.6) is 11.5 Å². The van der Waals surface area contributed by atoms with Crippen molar-refractivity contribution in [2.45, 2.75) is 57.5 Å². The Morgan fingerprint density at radius 2 is 1.66 bits per heavy atom. The molecule has 38 heavy (non-hydrogen) atoms. The number of methoxy groups -OCH3 is 2. The highest BCUT2D eigenvalue weighted by atomic mass is 19.4. The molecule has 1 fully saturated rings. The fourth-order valence-corrected chi connectivity index (χ4v) is 5.69. The lowest BCUT2D eigenvalue weighted by Gasteiger charge is -2.19. The monoisotopic (exact) mass is 527 g/mol. The largest absolute Gasteiger partial charge is 0.497 e. The molecule has 0 atom stereocenters. The van der Waals surface area contributed by atoms with E-state index in [0.29, 0.717) is 59.3 Å². The molecule has 0 spiro atoms. The van der Waals surface area contributed by atoms with E-state index in [-0.39, 0.29) is 5.69 Å². The molecule has 0 unspecified atom stereocenters. The van der Waals surface area contributed by atoms with Gasteiger partial charge < -0.3 is 14.8 Å². The SMILES string of the molecule is COc1cc(OC)cc(-c2nn(-c3cc(NCCC4CCCC4)ccc3C(F)(F)F)c(=O)c3c2CCC3)c1. The van der Waals surface area contributed by atoms with E-state index in [1.165, 1.54) is 52.0 Å². The quantitative estimate of drug-likeness (QED) is 0.366. The van der Waals surface area contributed by atoms with Crippen molar-refractivity contribution in [1.82, 2.24) is 9.78 Å². The fourth-order valence-electron chi connectivity index (χ4n) is 5.69. The van der Waals surface area contributed by atoms with Gasteiger partial charge in [0.2, 0.25) is 0 Å². The molecule has 1 aromatic heterocycles. The molecule has 2 aliphatic rings. The minimum absolute atomic E-state index is 0.279. The molecule has 9 heteroatoms. The summed E-state index contributed by atoms with van der Waals surface area (Å²) in [5, 5.41) is 7.82. The van der Waals surface area contributed by atoms with Gasteiger partial charge in [0.15, 0.2) is 0 Å². The van der Waals surface area contributed by atoms with Crippen LogP contribution in [-0.4, -0.2) is 30.5 Å². The van der Waals surface area contributed by atoms with E-state index in [2.05, 4.69) is 10.4 Å². The predicted octanol–water partition coefficient (Wildman–Crippen LogP) is 6.42. The fraction of sp³-hybridized carbons (Fsp3) is 0.448. The Morgan fingerprint density at radius 3 is 2.32 bits per heavy atom. The van der Waals surface area contributed by atoms with E-state index < -0.39 is 17.3 Å². The van der Waals surface area contributed by atoms with E-state index >= 15 is 0 Å². The molecule has 2 aromatic carbocycles. The molecular formula is C29H32F3N3O3. The van der Waals surface area contributed by atoms with Gasteiger partial charge in [0.25, 0.3) is 5.56 Å². The highest BCUT2D eigenvalue weighted by Gasteiger charge is 2.35. The first kappa shape index (κ1) is 26.1. The number of hydrogen-bond acceptors (Lipinski definition) is 5. The summed E-state index contributed by atoms with van der Waals surface area (Å²) in [6, 6.07) is 9.06. The molecule has 1 saturated carbocycles. The van der Waals surface area contributed by atoms with Crippen molar-refractivity contribution in [3.63, 3.8) is 0 Å². The van der Waals surface area contributed by atoms with Crippen molar-refractivity contribution in [3.05, 3.63) is 63.4 Å². The first-order valence-electron chi connectivity index (χ1n) is 13.1. The van der Waals surface area contributed by atoms with E-state index in [0.717, 1.165) is 29.2 Å². The third-order valence-electron chi connectivity index (χ3n) is 7.67. The first-order valence-corrected chi connectivity index (χ1v) is 13.1. The van der Waals surface area contributed by atoms with Crippen LogP contribution in [0.4, 0.5) is 18.9 Å². The van der Waals surface area contributed by atoms with E-state index in [1.54, 1.807) is 18.2 Å². The third-order valence-corrected chi connectivity index (χ3v) is 7.67. The zero-order valence-corrected chi connectivity index (χ0v) is 21.7. The zero-order chi connectivity index (χ0) is 26.9. The van der Waals surface area contributed by atoms with Crippen molar-refractivity contribution in [2.24, 2.45) is 5.92 Å². The average molecular weight is 528 g/mol. The van der Waals surface area contributed by atoms with Crippen LogP contribution >= 0.6 is 0 Å². The van der Waals surface area contributed by atoms with Crippen molar-refractivity contribution < 1.29 is 22.6 Å². The zero-order valence-electron chi connectivity index (χ0n) is 21.7. The predicted molar refractivity (Wildman–Crippen MR) is 140 cm³/mol. The molecule has 0 radical (unpaired) electrons. The van der Waals surface area contributed by atoms with Gasteiger partial charge in [-0.2, -0.15) is 23.0 Å². The van der Waals surface area contributed by atoms with Gasteiger partial charge in [0, 0.05) is 29.4 Å². The Labute approximate surface area is 219 Å². The van der Waals surface area contributed by atoms with Crippen LogP contribution in [0.2, 0.25) is 0 Å². The Kier molecular flexibility index (Phi) is 7.36. The van der Waals surface area contributed by atoms with Gasteiger partial charge in [-0.1, -0.05) is 25.7 Å². The highest BCUT2D eigenvalue weighted by Crippen LogP contribution is 2.37. The molecule has 202 valence electrons. The standard InChI is InChI=1S/C29H32F3N3O3/c1-37-21-14-19(15-22(17-21)38-2)27-23-8-5-9-24(23)28(36)35(34-27)26-16-20(10-11-25(26)29(30,31)32)33-13-12-18-6-3-4-7-18/h10-11,14-18,33H,3-9,12-13H2,1-2H3. The second kappa shape index (κ2) is 10.7. The number of rotatable bonds is 8. The molecule has 0 bridgehead atoms. The van der Waals surface area contributed by atoms with Gasteiger partial charge in [-0.25, -0.2) is 0 Å². The van der Waals surface area contributed by atoms with Crippen LogP contribution in [0.3, 0.4) is 0 Å². The maximum atomic E-state index is 14.2. The Hall–Kier alpha value is -3.49. The number of alkyl halides is 3. The van der Waals surface area contributed by atoms with Gasteiger partial charge >= 0.3 is 6.18 Å². The number of fused-ring (bicyclic) bond motifs is 1. The van der Waals surface area contributed by atoms with Crippen molar-refractivity contribution in [1.29, 1.82) is 0 Å². The molecule has 2 aliphatic carbocycles. The molecule has 0 saturated heterocycles. The molecule has 6 nitrogen and oxygen atoms in total. The van der Waals surface area contributed by atoms with E-state index in [9.17, 15) is 18.0 Å². The molecule has 3 aromatic rings. The maximum Gasteiger partial charge on any atom is 0.418 e. The molecule has 1 heterocycles. The topological polar surface area (TPSA) is 65.4 Å². The van der Waals surface area contributed by atoms with Gasteiger partial charge in [-0.3, -0.25) is 4.79 Å². The lowest BCUT2D eigenvalue weighted by Crippen LogP contribution is -2.28. The maximum absolute atomic E-state index is 14.2. The van der Waals surface area contributed by atoms with E-state index in [1.807, 2.05) is 0 Å². The summed E-state index contributed by atoms with van der Waals surface area (Å²) in [6.45, 7) is 0.664. The van der Waals surface area contributed by atoms with Gasteiger partial charge in [0.05, 0.1) is 31.2 Å². The number of halogens is 3. The second-order valence-electron chi connectivity index (χ2n) is 10.1. The van der Waals surface area contributed by atoms with Crippen LogP contribution in [0, 0.1) is 5.92 Å². The lowest BCUT2D eigenvalue weighted by molar-refractivity contribution is -0.137. The summed E-state index contributed by atoms with van der Waals surface area (Å²) >= 11 is 0. The van der Waals surface area contributed by atoms with Gasteiger partial charge in [-0.05, 0) is 67.5 Å². The van der Waals surface area contributed by atoms with Gasteiger partial charge in [0.1, 0.15) is 11.5 Å². The Balaban J connectivity index is 1.61. The minimum atomic E-state index is -4.66. The molecule has 1 N–H and O–H groups in total. The summed E-state index contributed by atoms with van der Waals surface area (Å²) in [4.78, 5) is 13.5. The lowest BCUT2D eigenvalue weighted by atomic mass is 10.0. The Bertz CT molecular complexity index is 1360. The number of ether oxygens (including phenoxy) is 2. The number of benzene rings is 2. The molecule has 5 rings (SSSR count). The highest BCUT2D eigenvalue weighted by molar-refractivity contribution is 5.69. The summed E-state index contributed by atoms with van der Waals surface area (Å²) in [5.74, 6) is 1.70. The minimum Gasteiger partial charge on any atom is -0.497 e. The Morgan fingerprint density at radius 1 is 0.974 bits per heavy atom. The number of anilines is 1. The van der Waals surface area contributed by atoms with Crippen LogP contribution in [0.1, 0.15) is 55.2 Å². The van der Waals surface area contributed by atoms with Crippen LogP contribution in [0.25, 0.3) is 16.9 Å². The average Bonchev–Trinajstić information content (AvgIpc) is 3.61. The molecule has 0 amide bonds. The summed E-state index contributed by atoms with van der Waals surface area (Å²) < 4.78 is 54.2. The summed E-state index contributed by atoms with van der Waals surface area (Å²) in [7, 11) is 3.05. The summed E-state index contributed by atoms with van der Waals surface area (Å²) in [6.07, 6.45) is 3.05. The van der Waals surface area contributed by atoms with Crippen LogP contribution < -0.4 is 20.3 Å².